The minimum atomic E-state index is -0.722. The first kappa shape index (κ1) is 22.1. The van der Waals surface area contributed by atoms with Crippen molar-refractivity contribution in [2.75, 3.05) is 13.2 Å². The normalized spacial score (nSPS) is 17.3. The Morgan fingerprint density at radius 1 is 1.12 bits per heavy atom. The number of hydrogen-bond donors (Lipinski definition) is 1. The first-order valence-electron chi connectivity index (χ1n) is 10.7. The van der Waals surface area contributed by atoms with Crippen LogP contribution in [0.4, 0.5) is 0 Å². The van der Waals surface area contributed by atoms with Crippen molar-refractivity contribution < 1.29 is 19.4 Å². The second-order valence-electron chi connectivity index (χ2n) is 7.68. The molecular weight excluding hydrogens is 418 g/mol. The molecule has 1 saturated heterocycles. The average Bonchev–Trinajstić information content (AvgIpc) is 3.45. The van der Waals surface area contributed by atoms with E-state index in [1.54, 1.807) is 55.0 Å². The molecule has 1 N–H and O–H groups in total. The van der Waals surface area contributed by atoms with E-state index in [-0.39, 0.29) is 11.3 Å². The van der Waals surface area contributed by atoms with Crippen molar-refractivity contribution in [1.29, 1.82) is 0 Å². The first-order valence-corrected chi connectivity index (χ1v) is 10.7. The summed E-state index contributed by atoms with van der Waals surface area (Å²) in [5, 5.41) is 11.1. The summed E-state index contributed by atoms with van der Waals surface area (Å²) >= 11 is 0. The zero-order chi connectivity index (χ0) is 23.2. The predicted molar refractivity (Wildman–Crippen MR) is 124 cm³/mol. The number of ketones is 1. The fourth-order valence-corrected chi connectivity index (χ4v) is 3.98. The predicted octanol–water partition coefficient (Wildman–Crippen LogP) is 3.96. The van der Waals surface area contributed by atoms with Crippen LogP contribution in [0.1, 0.15) is 23.6 Å². The maximum atomic E-state index is 13.1. The number of Topliss-reactive ketones (excluding diaryl/α,β-unsaturated/α-hetero) is 1. The molecule has 0 aliphatic carbocycles. The minimum absolute atomic E-state index is 0.0784. The van der Waals surface area contributed by atoms with Crippen LogP contribution in [0.3, 0.4) is 0 Å². The highest BCUT2D eigenvalue weighted by Crippen LogP contribution is 2.40. The Kier molecular flexibility index (Phi) is 6.69. The van der Waals surface area contributed by atoms with Gasteiger partial charge < -0.3 is 19.3 Å². The van der Waals surface area contributed by atoms with Crippen molar-refractivity contribution in [3.8, 4) is 5.75 Å². The topological polar surface area (TPSA) is 84.7 Å². The molecule has 1 unspecified atom stereocenters. The second kappa shape index (κ2) is 9.99. The fraction of sp³-hybridized carbons (Fsp3) is 0.192. The van der Waals surface area contributed by atoms with Crippen LogP contribution in [0.2, 0.25) is 0 Å². The van der Waals surface area contributed by atoms with Crippen LogP contribution in [-0.4, -0.2) is 44.4 Å². The van der Waals surface area contributed by atoms with Crippen molar-refractivity contribution in [2.45, 2.75) is 19.0 Å². The van der Waals surface area contributed by atoms with Crippen molar-refractivity contribution in [1.82, 2.24) is 14.5 Å². The molecule has 0 radical (unpaired) electrons. The van der Waals surface area contributed by atoms with Gasteiger partial charge in [-0.2, -0.15) is 0 Å². The van der Waals surface area contributed by atoms with Gasteiger partial charge >= 0.3 is 0 Å². The number of amides is 1. The molecule has 4 rings (SSSR count). The van der Waals surface area contributed by atoms with E-state index in [1.165, 1.54) is 4.90 Å². The van der Waals surface area contributed by atoms with Crippen LogP contribution in [0, 0.1) is 0 Å². The number of rotatable bonds is 9. The molecule has 7 nitrogen and oxygen atoms in total. The SMILES string of the molecule is C=CCOc1cccc(C2C(=C(O)c3ccccc3)C(=O)C(=O)N2CCCn2ccnc2)c1. The maximum absolute atomic E-state index is 13.1. The molecule has 1 aliphatic rings. The Hall–Kier alpha value is -4.13. The molecule has 7 heteroatoms. The molecule has 2 heterocycles. The molecule has 0 spiro atoms. The lowest BCUT2D eigenvalue weighted by molar-refractivity contribution is -0.139. The molecule has 0 saturated carbocycles. The third kappa shape index (κ3) is 4.72. The summed E-state index contributed by atoms with van der Waals surface area (Å²) in [6.07, 6.45) is 7.52. The molecule has 1 aliphatic heterocycles. The molecule has 168 valence electrons. The monoisotopic (exact) mass is 443 g/mol. The summed E-state index contributed by atoms with van der Waals surface area (Å²) < 4.78 is 7.58. The number of carbonyl (C=O) groups is 2. The standard InChI is InChI=1S/C26H25N3O4/c1-2-16-33-21-11-6-10-20(17-21)23-22(24(30)19-8-4-3-5-9-19)25(31)26(32)29(23)14-7-13-28-15-12-27-18-28/h2-6,8-12,15,17-18,23,30H,1,7,13-14,16H2. The molecule has 1 amide bonds. The van der Waals surface area contributed by atoms with Gasteiger partial charge in [-0.3, -0.25) is 9.59 Å². The van der Waals surface area contributed by atoms with Crippen LogP contribution >= 0.6 is 0 Å². The molecule has 3 aromatic rings. The van der Waals surface area contributed by atoms with Gasteiger partial charge in [0.2, 0.25) is 0 Å². The van der Waals surface area contributed by atoms with E-state index in [2.05, 4.69) is 11.6 Å². The quantitative estimate of drug-likeness (QED) is 0.234. The summed E-state index contributed by atoms with van der Waals surface area (Å²) in [5.41, 5.74) is 1.25. The Morgan fingerprint density at radius 2 is 1.94 bits per heavy atom. The zero-order valence-electron chi connectivity index (χ0n) is 18.1. The number of hydrogen-bond acceptors (Lipinski definition) is 5. The van der Waals surface area contributed by atoms with Gasteiger partial charge in [0.1, 0.15) is 18.1 Å². The highest BCUT2D eigenvalue weighted by atomic mass is 16.5. The minimum Gasteiger partial charge on any atom is -0.507 e. The van der Waals surface area contributed by atoms with Gasteiger partial charge in [0, 0.05) is 31.0 Å². The van der Waals surface area contributed by atoms with Gasteiger partial charge in [-0.15, -0.1) is 0 Å². The number of ether oxygens (including phenoxy) is 1. The lowest BCUT2D eigenvalue weighted by Gasteiger charge is -2.25. The van der Waals surface area contributed by atoms with E-state index < -0.39 is 17.7 Å². The Bertz CT molecular complexity index is 1170. The summed E-state index contributed by atoms with van der Waals surface area (Å²) in [6.45, 7) is 4.99. The van der Waals surface area contributed by atoms with Crippen molar-refractivity contribution in [2.24, 2.45) is 0 Å². The summed E-state index contributed by atoms with van der Waals surface area (Å²) in [4.78, 5) is 31.7. The van der Waals surface area contributed by atoms with Gasteiger partial charge in [0.25, 0.3) is 11.7 Å². The molecule has 2 aromatic carbocycles. The molecule has 1 atom stereocenters. The van der Waals surface area contributed by atoms with Gasteiger partial charge in [-0.1, -0.05) is 55.1 Å². The summed E-state index contributed by atoms with van der Waals surface area (Å²) in [5.74, 6) is -0.911. The van der Waals surface area contributed by atoms with E-state index in [0.717, 1.165) is 0 Å². The number of nitrogens with zero attached hydrogens (tertiary/aromatic N) is 3. The van der Waals surface area contributed by atoms with E-state index >= 15 is 0 Å². The second-order valence-corrected chi connectivity index (χ2v) is 7.68. The summed E-state index contributed by atoms with van der Waals surface area (Å²) in [6, 6.07) is 15.3. The molecule has 1 fully saturated rings. The molecule has 0 bridgehead atoms. The van der Waals surface area contributed by atoms with E-state index in [9.17, 15) is 14.7 Å². The number of aliphatic hydroxyl groups excluding tert-OH is 1. The highest BCUT2D eigenvalue weighted by molar-refractivity contribution is 6.46. The average molecular weight is 444 g/mol. The van der Waals surface area contributed by atoms with Gasteiger partial charge in [-0.25, -0.2) is 4.98 Å². The number of aromatic nitrogens is 2. The van der Waals surface area contributed by atoms with Crippen LogP contribution in [0.25, 0.3) is 5.76 Å². The van der Waals surface area contributed by atoms with Crippen molar-refractivity contribution >= 4 is 17.4 Å². The van der Waals surface area contributed by atoms with Crippen molar-refractivity contribution in [3.05, 3.63) is 103 Å². The van der Waals surface area contributed by atoms with Crippen LogP contribution < -0.4 is 4.74 Å². The lowest BCUT2D eigenvalue weighted by Crippen LogP contribution is -2.31. The maximum Gasteiger partial charge on any atom is 0.295 e. The van der Waals surface area contributed by atoms with Gasteiger partial charge in [0.15, 0.2) is 0 Å². The molecule has 1 aromatic heterocycles. The highest BCUT2D eigenvalue weighted by Gasteiger charge is 2.45. The van der Waals surface area contributed by atoms with E-state index in [4.69, 9.17) is 4.74 Å². The van der Waals surface area contributed by atoms with E-state index in [1.807, 2.05) is 29.0 Å². The zero-order valence-corrected chi connectivity index (χ0v) is 18.1. The van der Waals surface area contributed by atoms with Crippen molar-refractivity contribution in [3.63, 3.8) is 0 Å². The largest absolute Gasteiger partial charge is 0.507 e. The molecule has 33 heavy (non-hydrogen) atoms. The fourth-order valence-electron chi connectivity index (χ4n) is 3.98. The number of carbonyl (C=O) groups excluding carboxylic acids is 2. The Balaban J connectivity index is 1.73. The van der Waals surface area contributed by atoms with E-state index in [0.29, 0.717) is 43.0 Å². The van der Waals surface area contributed by atoms with Crippen LogP contribution in [-0.2, 0) is 16.1 Å². The Labute approximate surface area is 192 Å². The Morgan fingerprint density at radius 3 is 2.67 bits per heavy atom. The number of benzene rings is 2. The third-order valence-corrected chi connectivity index (χ3v) is 5.50. The summed E-state index contributed by atoms with van der Waals surface area (Å²) in [7, 11) is 0. The van der Waals surface area contributed by atoms with Gasteiger partial charge in [0.05, 0.1) is 17.9 Å². The first-order chi connectivity index (χ1) is 16.1. The number of aryl methyl sites for hydroxylation is 1. The smallest absolute Gasteiger partial charge is 0.295 e. The van der Waals surface area contributed by atoms with Gasteiger partial charge in [-0.05, 0) is 24.1 Å². The lowest BCUT2D eigenvalue weighted by atomic mass is 9.95. The number of aliphatic hydroxyl groups is 1. The third-order valence-electron chi connectivity index (χ3n) is 5.50. The number of likely N-dealkylation sites (tertiary alicyclic amines) is 1. The van der Waals surface area contributed by atoms with Crippen LogP contribution in [0.5, 0.6) is 5.75 Å². The van der Waals surface area contributed by atoms with Crippen LogP contribution in [0.15, 0.2) is 91.5 Å². The molecular formula is C26H25N3O4. The number of imidazole rings is 1.